The highest BCUT2D eigenvalue weighted by atomic mass is 19.3. The second-order valence-electron chi connectivity index (χ2n) is 2.84. The fraction of sp³-hybridized carbons (Fsp3) is 0.714. The molecule has 0 saturated carbocycles. The van der Waals surface area contributed by atoms with Crippen LogP contribution in [0.3, 0.4) is 0 Å². The molecule has 0 aromatic rings. The number of carboxylic acid groups (broad SMARTS) is 1. The Balaban J connectivity index is 4.17. The van der Waals surface area contributed by atoms with E-state index in [2.05, 4.69) is 0 Å². The van der Waals surface area contributed by atoms with E-state index in [0.717, 1.165) is 6.92 Å². The second kappa shape index (κ2) is 4.94. The molecule has 1 amide bonds. The summed E-state index contributed by atoms with van der Waals surface area (Å²) in [6.45, 7) is -0.626. The summed E-state index contributed by atoms with van der Waals surface area (Å²) in [5.74, 6) is -8.66. The van der Waals surface area contributed by atoms with Gasteiger partial charge < -0.3 is 10.4 Å². The van der Waals surface area contributed by atoms with Crippen molar-refractivity contribution < 1.29 is 32.3 Å². The Hall–Kier alpha value is -1.34. The molecule has 1 atom stereocenters. The summed E-state index contributed by atoms with van der Waals surface area (Å²) in [4.78, 5) is 21.0. The molecule has 0 aliphatic carbocycles. The highest BCUT2D eigenvalue weighted by Gasteiger charge is 2.41. The van der Waals surface area contributed by atoms with Crippen LogP contribution in [-0.4, -0.2) is 35.9 Å². The number of alkyl halides is 4. The molecule has 0 saturated heterocycles. The van der Waals surface area contributed by atoms with Gasteiger partial charge in [0.15, 0.2) is 0 Å². The third-order valence-corrected chi connectivity index (χ3v) is 1.58. The number of nitrogens with one attached hydrogen (secondary N) is 1. The quantitative estimate of drug-likeness (QED) is 0.541. The summed E-state index contributed by atoms with van der Waals surface area (Å²) in [5.41, 5.74) is 0. The summed E-state index contributed by atoms with van der Waals surface area (Å²) in [6, 6.07) is 0. The summed E-state index contributed by atoms with van der Waals surface area (Å²) >= 11 is 0. The van der Waals surface area contributed by atoms with Crippen molar-refractivity contribution in [1.29, 1.82) is 0 Å². The minimum atomic E-state index is -4.35. The fourth-order valence-electron chi connectivity index (χ4n) is 0.547. The number of hydrogen-bond donors (Lipinski definition) is 2. The Bertz CT molecular complexity index is 257. The Morgan fingerprint density at radius 2 is 1.87 bits per heavy atom. The highest BCUT2D eigenvalue weighted by molar-refractivity contribution is 5.96. The molecule has 88 valence electrons. The molecule has 0 bridgehead atoms. The van der Waals surface area contributed by atoms with Gasteiger partial charge in [-0.3, -0.25) is 9.59 Å². The number of carboxylic acids is 1. The summed E-state index contributed by atoms with van der Waals surface area (Å²) in [7, 11) is 0. The highest BCUT2D eigenvalue weighted by Crippen LogP contribution is 2.21. The largest absolute Gasteiger partial charge is 0.481 e. The molecule has 1 unspecified atom stereocenters. The van der Waals surface area contributed by atoms with E-state index in [9.17, 15) is 27.2 Å². The molecule has 15 heavy (non-hydrogen) atoms. The van der Waals surface area contributed by atoms with Gasteiger partial charge in [0, 0.05) is 0 Å². The van der Waals surface area contributed by atoms with Crippen LogP contribution in [0.2, 0.25) is 0 Å². The van der Waals surface area contributed by atoms with Gasteiger partial charge in [0.05, 0.1) is 6.54 Å². The Morgan fingerprint density at radius 1 is 1.40 bits per heavy atom. The first-order valence-corrected chi connectivity index (χ1v) is 3.85. The van der Waals surface area contributed by atoms with E-state index in [1.54, 1.807) is 0 Å². The van der Waals surface area contributed by atoms with E-state index in [4.69, 9.17) is 5.11 Å². The van der Waals surface area contributed by atoms with E-state index in [0.29, 0.717) is 0 Å². The molecule has 0 aromatic carbocycles. The van der Waals surface area contributed by atoms with Gasteiger partial charge in [0.25, 0.3) is 0 Å². The first-order valence-electron chi connectivity index (χ1n) is 3.85. The van der Waals surface area contributed by atoms with Gasteiger partial charge >= 0.3 is 18.3 Å². The molecule has 0 radical (unpaired) electrons. The van der Waals surface area contributed by atoms with Crippen molar-refractivity contribution in [3.05, 3.63) is 0 Å². The zero-order valence-corrected chi connectivity index (χ0v) is 7.64. The molecule has 0 spiro atoms. The van der Waals surface area contributed by atoms with E-state index < -0.39 is 36.7 Å². The number of carbonyl (C=O) groups excluding carboxylic acids is 1. The average Bonchev–Trinajstić information content (AvgIpc) is 2.12. The lowest BCUT2D eigenvalue weighted by Gasteiger charge is -2.16. The fourth-order valence-corrected chi connectivity index (χ4v) is 0.547. The van der Waals surface area contributed by atoms with Crippen LogP contribution in [0.5, 0.6) is 0 Å². The Labute approximate surface area is 82.3 Å². The smallest absolute Gasteiger partial charge is 0.324 e. The van der Waals surface area contributed by atoms with Crippen LogP contribution in [0.15, 0.2) is 0 Å². The first kappa shape index (κ1) is 13.7. The predicted octanol–water partition coefficient (Wildman–Crippen LogP) is 0.724. The number of rotatable bonds is 5. The van der Waals surface area contributed by atoms with E-state index in [1.165, 1.54) is 5.32 Å². The number of carbonyl (C=O) groups is 2. The Kier molecular flexibility index (Phi) is 4.50. The molecule has 8 heteroatoms. The molecule has 0 heterocycles. The van der Waals surface area contributed by atoms with Crippen molar-refractivity contribution in [3.63, 3.8) is 0 Å². The average molecular weight is 231 g/mol. The number of amides is 1. The normalized spacial score (nSPS) is 13.7. The molecule has 0 aliphatic rings. The van der Waals surface area contributed by atoms with Gasteiger partial charge in [-0.1, -0.05) is 0 Å². The Morgan fingerprint density at radius 3 is 2.20 bits per heavy atom. The van der Waals surface area contributed by atoms with Crippen LogP contribution in [-0.2, 0) is 9.59 Å². The van der Waals surface area contributed by atoms with Gasteiger partial charge in [0.1, 0.15) is 5.92 Å². The summed E-state index contributed by atoms with van der Waals surface area (Å²) in [5, 5.41) is 9.73. The first-order chi connectivity index (χ1) is 6.68. The van der Waals surface area contributed by atoms with Crippen LogP contribution in [0.4, 0.5) is 17.6 Å². The SMILES string of the molecule is CC(C(=O)O)C(=O)NCC(F)(F)C(F)F. The zero-order valence-electron chi connectivity index (χ0n) is 7.64. The van der Waals surface area contributed by atoms with E-state index in [1.807, 2.05) is 0 Å². The van der Waals surface area contributed by atoms with Crippen molar-refractivity contribution in [3.8, 4) is 0 Å². The van der Waals surface area contributed by atoms with E-state index in [-0.39, 0.29) is 0 Å². The van der Waals surface area contributed by atoms with Gasteiger partial charge in [-0.05, 0) is 6.92 Å². The zero-order chi connectivity index (χ0) is 12.2. The maximum atomic E-state index is 12.3. The van der Waals surface area contributed by atoms with Crippen molar-refractivity contribution in [2.24, 2.45) is 5.92 Å². The summed E-state index contributed by atoms with van der Waals surface area (Å²) < 4.78 is 47.7. The molecular formula is C7H9F4NO3. The molecular weight excluding hydrogens is 222 g/mol. The number of aliphatic carboxylic acids is 1. The maximum Gasteiger partial charge on any atom is 0.324 e. The van der Waals surface area contributed by atoms with Crippen LogP contribution in [0.1, 0.15) is 6.92 Å². The van der Waals surface area contributed by atoms with Crippen molar-refractivity contribution in [2.45, 2.75) is 19.3 Å². The maximum absolute atomic E-state index is 12.3. The standard InChI is InChI=1S/C7H9F4NO3/c1-3(5(14)15)4(13)12-2-7(10,11)6(8)9/h3,6H,2H2,1H3,(H,12,13)(H,14,15). The van der Waals surface area contributed by atoms with E-state index >= 15 is 0 Å². The summed E-state index contributed by atoms with van der Waals surface area (Å²) in [6.07, 6.45) is -3.90. The third-order valence-electron chi connectivity index (χ3n) is 1.58. The lowest BCUT2D eigenvalue weighted by molar-refractivity contribution is -0.149. The predicted molar refractivity (Wildman–Crippen MR) is 40.8 cm³/mol. The van der Waals surface area contributed by atoms with Crippen LogP contribution >= 0.6 is 0 Å². The molecule has 0 aromatic heterocycles. The van der Waals surface area contributed by atoms with Crippen molar-refractivity contribution in [2.75, 3.05) is 6.54 Å². The van der Waals surface area contributed by atoms with Crippen LogP contribution in [0.25, 0.3) is 0 Å². The number of hydrogen-bond acceptors (Lipinski definition) is 2. The molecule has 0 fully saturated rings. The third kappa shape index (κ3) is 4.13. The topological polar surface area (TPSA) is 66.4 Å². The van der Waals surface area contributed by atoms with Crippen LogP contribution in [0, 0.1) is 5.92 Å². The minimum absolute atomic E-state index is 0.957. The lowest BCUT2D eigenvalue weighted by Crippen LogP contribution is -2.44. The van der Waals surface area contributed by atoms with Gasteiger partial charge in [0.2, 0.25) is 5.91 Å². The number of halogens is 4. The van der Waals surface area contributed by atoms with Crippen molar-refractivity contribution in [1.82, 2.24) is 5.32 Å². The lowest BCUT2D eigenvalue weighted by atomic mass is 10.1. The van der Waals surface area contributed by atoms with Crippen LogP contribution < -0.4 is 5.32 Å². The monoisotopic (exact) mass is 231 g/mol. The molecule has 0 aliphatic heterocycles. The molecule has 2 N–H and O–H groups in total. The van der Waals surface area contributed by atoms with Gasteiger partial charge in [-0.15, -0.1) is 0 Å². The van der Waals surface area contributed by atoms with Crippen molar-refractivity contribution >= 4 is 11.9 Å². The molecule has 0 rings (SSSR count). The minimum Gasteiger partial charge on any atom is -0.481 e. The van der Waals surface area contributed by atoms with Gasteiger partial charge in [-0.2, -0.15) is 8.78 Å². The molecule has 4 nitrogen and oxygen atoms in total. The van der Waals surface area contributed by atoms with Gasteiger partial charge in [-0.25, -0.2) is 8.78 Å². The second-order valence-corrected chi connectivity index (χ2v) is 2.84.